The van der Waals surface area contributed by atoms with Crippen molar-refractivity contribution in [2.24, 2.45) is 4.99 Å². The van der Waals surface area contributed by atoms with Crippen molar-refractivity contribution in [1.82, 2.24) is 5.32 Å². The van der Waals surface area contributed by atoms with Crippen LogP contribution in [0.4, 0.5) is 10.1 Å². The van der Waals surface area contributed by atoms with Gasteiger partial charge >= 0.3 is 0 Å². The average molecular weight is 367 g/mol. The Morgan fingerprint density at radius 1 is 1.13 bits per heavy atom. The molecule has 2 aromatic rings. The van der Waals surface area contributed by atoms with Crippen LogP contribution in [-0.2, 0) is 4.79 Å². The zero-order chi connectivity index (χ0) is 16.4. The zero-order valence-electron chi connectivity index (χ0n) is 11.5. The van der Waals surface area contributed by atoms with Crippen LogP contribution in [0.1, 0.15) is 5.56 Å². The maximum absolute atomic E-state index is 12.9. The lowest BCUT2D eigenvalue weighted by Crippen LogP contribution is -2.19. The van der Waals surface area contributed by atoms with Crippen LogP contribution in [0.3, 0.4) is 0 Å². The number of aliphatic imine (C=N–C) groups is 1. The van der Waals surface area contributed by atoms with E-state index in [0.717, 1.165) is 0 Å². The maximum atomic E-state index is 12.9. The summed E-state index contributed by atoms with van der Waals surface area (Å²) in [6.07, 6.45) is 1.67. The van der Waals surface area contributed by atoms with E-state index >= 15 is 0 Å². The first-order chi connectivity index (χ1) is 11.0. The van der Waals surface area contributed by atoms with Gasteiger partial charge in [-0.05, 0) is 59.8 Å². The summed E-state index contributed by atoms with van der Waals surface area (Å²) in [5.74, 6) is -0.600. The minimum atomic E-state index is -0.338. The van der Waals surface area contributed by atoms with Crippen molar-refractivity contribution in [3.63, 3.8) is 0 Å². The monoisotopic (exact) mass is 366 g/mol. The first-order valence-corrected chi connectivity index (χ1v) is 8.09. The van der Waals surface area contributed by atoms with Crippen LogP contribution < -0.4 is 5.32 Å². The number of carbonyl (C=O) groups excluding carboxylic acids is 1. The molecule has 23 heavy (non-hydrogen) atoms. The van der Waals surface area contributed by atoms with Gasteiger partial charge in [0.2, 0.25) is 0 Å². The lowest BCUT2D eigenvalue weighted by molar-refractivity contribution is -0.115. The summed E-state index contributed by atoms with van der Waals surface area (Å²) in [7, 11) is 0. The van der Waals surface area contributed by atoms with Gasteiger partial charge in [-0.2, -0.15) is 0 Å². The van der Waals surface area contributed by atoms with Crippen LogP contribution in [0.25, 0.3) is 6.08 Å². The largest absolute Gasteiger partial charge is 0.300 e. The third-order valence-electron chi connectivity index (χ3n) is 2.96. The van der Waals surface area contributed by atoms with E-state index in [1.165, 1.54) is 36.0 Å². The highest BCUT2D eigenvalue weighted by Crippen LogP contribution is 2.30. The number of nitrogens with one attached hydrogen (secondary N) is 1. The minimum absolute atomic E-state index is 0.262. The van der Waals surface area contributed by atoms with Crippen molar-refractivity contribution in [3.8, 4) is 0 Å². The van der Waals surface area contributed by atoms with Crippen molar-refractivity contribution in [2.45, 2.75) is 0 Å². The molecule has 0 unspecified atom stereocenters. The molecule has 3 nitrogen and oxygen atoms in total. The Bertz CT molecular complexity index is 834. The van der Waals surface area contributed by atoms with Crippen LogP contribution in [0.2, 0.25) is 10.0 Å². The number of thioether (sulfide) groups is 1. The first-order valence-electron chi connectivity index (χ1n) is 6.51. The Morgan fingerprint density at radius 3 is 2.57 bits per heavy atom. The Hall–Kier alpha value is -1.82. The van der Waals surface area contributed by atoms with Crippen molar-refractivity contribution < 1.29 is 9.18 Å². The summed E-state index contributed by atoms with van der Waals surface area (Å²) in [6, 6.07) is 10.7. The van der Waals surface area contributed by atoms with E-state index in [9.17, 15) is 9.18 Å². The highest BCUT2D eigenvalue weighted by Gasteiger charge is 2.24. The van der Waals surface area contributed by atoms with E-state index in [2.05, 4.69) is 10.3 Å². The lowest BCUT2D eigenvalue weighted by atomic mass is 10.2. The second-order valence-corrected chi connectivity index (χ2v) is 6.50. The average Bonchev–Trinajstić information content (AvgIpc) is 2.84. The summed E-state index contributed by atoms with van der Waals surface area (Å²) in [6.45, 7) is 0. The molecule has 1 saturated heterocycles. The quantitative estimate of drug-likeness (QED) is 0.757. The molecule has 0 aliphatic carbocycles. The van der Waals surface area contributed by atoms with Crippen LogP contribution in [0.5, 0.6) is 0 Å². The highest BCUT2D eigenvalue weighted by molar-refractivity contribution is 8.18. The summed E-state index contributed by atoms with van der Waals surface area (Å²) in [5.41, 5.74) is 1.25. The normalized spacial score (nSPS) is 17.8. The third-order valence-corrected chi connectivity index (χ3v) is 4.43. The Kier molecular flexibility index (Phi) is 4.71. The summed E-state index contributed by atoms with van der Waals surface area (Å²) in [5, 5.41) is 4.08. The molecule has 0 spiro atoms. The van der Waals surface area contributed by atoms with Crippen molar-refractivity contribution in [2.75, 3.05) is 0 Å². The molecule has 0 atom stereocenters. The van der Waals surface area contributed by atoms with E-state index in [1.54, 1.807) is 24.3 Å². The van der Waals surface area contributed by atoms with Gasteiger partial charge in [0.05, 0.1) is 10.6 Å². The molecule has 7 heteroatoms. The molecule has 0 saturated carbocycles. The number of benzene rings is 2. The van der Waals surface area contributed by atoms with Crippen LogP contribution in [-0.4, -0.2) is 11.1 Å². The molecule has 2 aromatic carbocycles. The number of amides is 1. The number of amidine groups is 1. The molecule has 3 rings (SSSR count). The molecule has 1 N–H and O–H groups in total. The van der Waals surface area contributed by atoms with Gasteiger partial charge in [-0.25, -0.2) is 9.38 Å². The molecule has 0 bridgehead atoms. The van der Waals surface area contributed by atoms with Gasteiger partial charge in [-0.3, -0.25) is 4.79 Å². The van der Waals surface area contributed by atoms with E-state index < -0.39 is 0 Å². The molecule has 1 aliphatic heterocycles. The number of carbonyl (C=O) groups is 1. The predicted octanol–water partition coefficient (Wildman–Crippen LogP) is 5.02. The van der Waals surface area contributed by atoms with E-state index in [1.807, 2.05) is 0 Å². The van der Waals surface area contributed by atoms with Gasteiger partial charge in [-0.15, -0.1) is 0 Å². The van der Waals surface area contributed by atoms with E-state index in [4.69, 9.17) is 23.2 Å². The second kappa shape index (κ2) is 6.74. The molecule has 0 radical (unpaired) electrons. The van der Waals surface area contributed by atoms with Gasteiger partial charge in [0, 0.05) is 10.0 Å². The van der Waals surface area contributed by atoms with Gasteiger partial charge in [-0.1, -0.05) is 29.3 Å². The first kappa shape index (κ1) is 16.1. The lowest BCUT2D eigenvalue weighted by Gasteiger charge is -1.99. The van der Waals surface area contributed by atoms with E-state index in [-0.39, 0.29) is 11.7 Å². The van der Waals surface area contributed by atoms with Gasteiger partial charge in [0.25, 0.3) is 5.91 Å². The highest BCUT2D eigenvalue weighted by atomic mass is 35.5. The Morgan fingerprint density at radius 2 is 1.87 bits per heavy atom. The second-order valence-electron chi connectivity index (χ2n) is 4.62. The molecule has 1 heterocycles. The minimum Gasteiger partial charge on any atom is -0.300 e. The predicted molar refractivity (Wildman–Crippen MR) is 93.7 cm³/mol. The fourth-order valence-corrected chi connectivity index (χ4v) is 3.17. The third kappa shape index (κ3) is 3.93. The van der Waals surface area contributed by atoms with Crippen LogP contribution >= 0.6 is 35.0 Å². The van der Waals surface area contributed by atoms with Crippen LogP contribution in [0.15, 0.2) is 52.4 Å². The van der Waals surface area contributed by atoms with Crippen molar-refractivity contribution in [3.05, 3.63) is 68.8 Å². The van der Waals surface area contributed by atoms with Gasteiger partial charge < -0.3 is 5.32 Å². The SMILES string of the molecule is O=C1NC(=Nc2ccc(F)cc2)S/C1=C/c1ccc(Cl)cc1Cl. The molecular formula is C16H9Cl2FN2OS. The van der Waals surface area contributed by atoms with Crippen molar-refractivity contribution >= 4 is 57.8 Å². The Labute approximate surface area is 146 Å². The molecule has 1 aliphatic rings. The number of hydrogen-bond donors (Lipinski definition) is 1. The smallest absolute Gasteiger partial charge is 0.264 e. The van der Waals surface area contributed by atoms with Crippen LogP contribution in [0, 0.1) is 5.82 Å². The van der Waals surface area contributed by atoms with Gasteiger partial charge in [0.1, 0.15) is 5.82 Å². The summed E-state index contributed by atoms with van der Waals surface area (Å²) >= 11 is 13.1. The fraction of sp³-hybridized carbons (Fsp3) is 0. The Balaban J connectivity index is 1.84. The number of hydrogen-bond acceptors (Lipinski definition) is 3. The summed E-state index contributed by atoms with van der Waals surface area (Å²) < 4.78 is 12.9. The molecular weight excluding hydrogens is 358 g/mol. The molecule has 1 amide bonds. The maximum Gasteiger partial charge on any atom is 0.264 e. The molecule has 1 fully saturated rings. The fourth-order valence-electron chi connectivity index (χ4n) is 1.87. The van der Waals surface area contributed by atoms with E-state index in [0.29, 0.717) is 31.4 Å². The topological polar surface area (TPSA) is 41.5 Å². The molecule has 116 valence electrons. The summed E-state index contributed by atoms with van der Waals surface area (Å²) in [4.78, 5) is 16.7. The van der Waals surface area contributed by atoms with Gasteiger partial charge in [0.15, 0.2) is 5.17 Å². The zero-order valence-corrected chi connectivity index (χ0v) is 13.8. The standard InChI is InChI=1S/C16H9Cl2FN2OS/c17-10-2-1-9(13(18)8-10)7-14-15(22)21-16(23-14)20-12-5-3-11(19)4-6-12/h1-8H,(H,20,21,22)/b14-7+. The van der Waals surface area contributed by atoms with Crippen molar-refractivity contribution in [1.29, 1.82) is 0 Å². The number of halogens is 3. The number of rotatable bonds is 2. The number of nitrogens with zero attached hydrogens (tertiary/aromatic N) is 1. The molecule has 0 aromatic heterocycles.